The molecule has 1 atom stereocenters. The highest BCUT2D eigenvalue weighted by Crippen LogP contribution is 2.31. The molecule has 9 heteroatoms. The Labute approximate surface area is 191 Å². The number of ether oxygens (including phenoxy) is 1. The number of nitrogens with zero attached hydrogens (tertiary/aromatic N) is 6. The van der Waals surface area contributed by atoms with Crippen LogP contribution in [0.3, 0.4) is 0 Å². The Hall–Kier alpha value is -3.72. The van der Waals surface area contributed by atoms with Gasteiger partial charge in [0.25, 0.3) is 0 Å². The van der Waals surface area contributed by atoms with Gasteiger partial charge >= 0.3 is 0 Å². The van der Waals surface area contributed by atoms with E-state index in [9.17, 15) is 4.39 Å². The van der Waals surface area contributed by atoms with Crippen molar-refractivity contribution in [3.8, 4) is 5.75 Å². The molecule has 1 fully saturated rings. The van der Waals surface area contributed by atoms with Crippen LogP contribution in [-0.4, -0.2) is 58.4 Å². The zero-order valence-corrected chi connectivity index (χ0v) is 18.3. The minimum Gasteiger partial charge on any atom is -0.497 e. The van der Waals surface area contributed by atoms with Gasteiger partial charge in [-0.15, -0.1) is 5.10 Å². The van der Waals surface area contributed by atoms with Crippen molar-refractivity contribution in [3.63, 3.8) is 0 Å². The van der Waals surface area contributed by atoms with Crippen molar-refractivity contribution in [2.45, 2.75) is 12.6 Å². The van der Waals surface area contributed by atoms with Gasteiger partial charge in [-0.05, 0) is 52.9 Å². The number of aromatic nitrogens is 4. The summed E-state index contributed by atoms with van der Waals surface area (Å²) in [5.74, 6) is 1.89. The number of tetrazole rings is 1. The van der Waals surface area contributed by atoms with Gasteiger partial charge in [-0.3, -0.25) is 4.90 Å². The number of halogens is 1. The molecule has 170 valence electrons. The van der Waals surface area contributed by atoms with Gasteiger partial charge in [0.1, 0.15) is 29.9 Å². The van der Waals surface area contributed by atoms with Crippen LogP contribution in [0.25, 0.3) is 0 Å². The molecule has 0 spiro atoms. The largest absolute Gasteiger partial charge is 0.497 e. The zero-order chi connectivity index (χ0) is 22.6. The summed E-state index contributed by atoms with van der Waals surface area (Å²) in [6.45, 7) is 3.46. The van der Waals surface area contributed by atoms with Crippen LogP contribution in [0.1, 0.15) is 23.2 Å². The van der Waals surface area contributed by atoms with Gasteiger partial charge in [0.15, 0.2) is 5.82 Å². The quantitative estimate of drug-likeness (QED) is 0.429. The van der Waals surface area contributed by atoms with Crippen molar-refractivity contribution in [3.05, 3.63) is 89.9 Å². The molecule has 33 heavy (non-hydrogen) atoms. The Morgan fingerprint density at radius 1 is 1.00 bits per heavy atom. The van der Waals surface area contributed by atoms with Crippen molar-refractivity contribution in [2.75, 3.05) is 38.2 Å². The van der Waals surface area contributed by atoms with Crippen LogP contribution in [-0.2, 0) is 6.54 Å². The van der Waals surface area contributed by atoms with E-state index in [-0.39, 0.29) is 5.82 Å². The lowest BCUT2D eigenvalue weighted by Crippen LogP contribution is -2.48. The van der Waals surface area contributed by atoms with Gasteiger partial charge in [0, 0.05) is 37.4 Å². The van der Waals surface area contributed by atoms with E-state index in [1.54, 1.807) is 24.1 Å². The van der Waals surface area contributed by atoms with Gasteiger partial charge < -0.3 is 14.1 Å². The number of hydrogen-bond acceptors (Lipinski definition) is 7. The molecule has 1 saturated heterocycles. The van der Waals surface area contributed by atoms with Crippen molar-refractivity contribution < 1.29 is 13.5 Å². The van der Waals surface area contributed by atoms with Crippen molar-refractivity contribution in [2.24, 2.45) is 0 Å². The first-order valence-corrected chi connectivity index (χ1v) is 10.9. The van der Waals surface area contributed by atoms with Gasteiger partial charge in [-0.2, -0.15) is 0 Å². The molecule has 0 saturated carbocycles. The molecule has 3 heterocycles. The Morgan fingerprint density at radius 2 is 1.79 bits per heavy atom. The molecule has 0 amide bonds. The van der Waals surface area contributed by atoms with Crippen LogP contribution >= 0.6 is 0 Å². The van der Waals surface area contributed by atoms with E-state index in [1.807, 2.05) is 36.4 Å². The lowest BCUT2D eigenvalue weighted by molar-refractivity contribution is 0.197. The van der Waals surface area contributed by atoms with Crippen LogP contribution in [0.5, 0.6) is 5.75 Å². The topological polar surface area (TPSA) is 72.5 Å². The molecule has 8 nitrogen and oxygen atoms in total. The molecule has 0 N–H and O–H groups in total. The second-order valence-electron chi connectivity index (χ2n) is 7.92. The standard InChI is InChI=1S/C24H25FN6O2/c1-32-19-10-8-18(9-11-19)29-12-14-30(15-13-29)23(21-6-2-3-7-22(21)25)24-26-27-28-31(24)17-20-5-4-16-33-20/h2-11,16,23H,12-15,17H2,1H3/t23-/m1/s1. The predicted molar refractivity (Wildman–Crippen MR) is 121 cm³/mol. The fourth-order valence-electron chi connectivity index (χ4n) is 4.30. The Kier molecular flexibility index (Phi) is 6.03. The van der Waals surface area contributed by atoms with Gasteiger partial charge in [0.05, 0.1) is 13.4 Å². The highest BCUT2D eigenvalue weighted by Gasteiger charge is 2.32. The average molecular weight is 449 g/mol. The smallest absolute Gasteiger partial charge is 0.173 e. The number of methoxy groups -OCH3 is 1. The molecular weight excluding hydrogens is 423 g/mol. The Bertz CT molecular complexity index is 1170. The number of furan rings is 1. The number of hydrogen-bond donors (Lipinski definition) is 0. The summed E-state index contributed by atoms with van der Waals surface area (Å²) in [6, 6.07) is 18.2. The third kappa shape index (κ3) is 4.45. The van der Waals surface area contributed by atoms with Crippen LogP contribution in [0.4, 0.5) is 10.1 Å². The summed E-state index contributed by atoms with van der Waals surface area (Å²) >= 11 is 0. The van der Waals surface area contributed by atoms with E-state index in [1.165, 1.54) is 6.07 Å². The summed E-state index contributed by atoms with van der Waals surface area (Å²) in [5.41, 5.74) is 1.70. The minimum atomic E-state index is -0.408. The van der Waals surface area contributed by atoms with Crippen LogP contribution in [0.15, 0.2) is 71.3 Å². The molecule has 0 radical (unpaired) electrons. The zero-order valence-electron chi connectivity index (χ0n) is 18.3. The van der Waals surface area contributed by atoms with E-state index in [4.69, 9.17) is 9.15 Å². The SMILES string of the molecule is COc1ccc(N2CCN([C@H](c3ccccc3F)c3nnnn3Cc3ccco3)CC2)cc1. The molecule has 0 unspecified atom stereocenters. The van der Waals surface area contributed by atoms with Crippen molar-refractivity contribution >= 4 is 5.69 Å². The highest BCUT2D eigenvalue weighted by molar-refractivity contribution is 5.49. The summed E-state index contributed by atoms with van der Waals surface area (Å²) in [6.07, 6.45) is 1.62. The van der Waals surface area contributed by atoms with E-state index < -0.39 is 6.04 Å². The van der Waals surface area contributed by atoms with Crippen LogP contribution < -0.4 is 9.64 Å². The lowest BCUT2D eigenvalue weighted by atomic mass is 10.0. The van der Waals surface area contributed by atoms with Gasteiger partial charge in [-0.25, -0.2) is 9.07 Å². The molecule has 0 bridgehead atoms. The number of rotatable bonds is 7. The molecule has 2 aromatic carbocycles. The van der Waals surface area contributed by atoms with Crippen LogP contribution in [0, 0.1) is 5.82 Å². The first kappa shape index (κ1) is 21.1. The summed E-state index contributed by atoms with van der Waals surface area (Å²) in [5, 5.41) is 12.4. The summed E-state index contributed by atoms with van der Waals surface area (Å²) in [7, 11) is 1.66. The number of anilines is 1. The monoisotopic (exact) mass is 448 g/mol. The fraction of sp³-hybridized carbons (Fsp3) is 0.292. The fourth-order valence-corrected chi connectivity index (χ4v) is 4.30. The maximum atomic E-state index is 15.0. The Balaban J connectivity index is 1.41. The molecule has 4 aromatic rings. The Morgan fingerprint density at radius 3 is 2.48 bits per heavy atom. The average Bonchev–Trinajstić information content (AvgIpc) is 3.54. The van der Waals surface area contributed by atoms with Crippen molar-refractivity contribution in [1.29, 1.82) is 0 Å². The maximum Gasteiger partial charge on any atom is 0.173 e. The molecule has 0 aliphatic carbocycles. The number of benzene rings is 2. The molecule has 1 aliphatic rings. The summed E-state index contributed by atoms with van der Waals surface area (Å²) in [4.78, 5) is 4.56. The van der Waals surface area contributed by atoms with Crippen LogP contribution in [0.2, 0.25) is 0 Å². The van der Waals surface area contributed by atoms with E-state index >= 15 is 0 Å². The second-order valence-corrected chi connectivity index (χ2v) is 7.92. The molecule has 2 aromatic heterocycles. The van der Waals surface area contributed by atoms with Gasteiger partial charge in [0.2, 0.25) is 0 Å². The highest BCUT2D eigenvalue weighted by atomic mass is 19.1. The third-order valence-corrected chi connectivity index (χ3v) is 6.01. The number of piperazine rings is 1. The van der Waals surface area contributed by atoms with Crippen molar-refractivity contribution in [1.82, 2.24) is 25.1 Å². The second kappa shape index (κ2) is 9.41. The molecule has 1 aliphatic heterocycles. The third-order valence-electron chi connectivity index (χ3n) is 6.01. The first-order valence-electron chi connectivity index (χ1n) is 10.9. The maximum absolute atomic E-state index is 15.0. The lowest BCUT2D eigenvalue weighted by Gasteiger charge is -2.40. The molecular formula is C24H25FN6O2. The normalized spacial score (nSPS) is 15.5. The van der Waals surface area contributed by atoms with E-state index in [0.717, 1.165) is 43.4 Å². The molecule has 5 rings (SSSR count). The van der Waals surface area contributed by atoms with E-state index in [2.05, 4.69) is 37.5 Å². The summed E-state index contributed by atoms with van der Waals surface area (Å²) < 4.78 is 27.4. The van der Waals surface area contributed by atoms with Gasteiger partial charge in [-0.1, -0.05) is 18.2 Å². The predicted octanol–water partition coefficient (Wildman–Crippen LogP) is 3.37. The minimum absolute atomic E-state index is 0.271. The van der Waals surface area contributed by atoms with E-state index in [0.29, 0.717) is 17.9 Å². The first-order chi connectivity index (χ1) is 16.2.